The lowest BCUT2D eigenvalue weighted by Crippen LogP contribution is -2.42. The average molecular weight is 263 g/mol. The van der Waals surface area contributed by atoms with Crippen LogP contribution < -0.4 is 5.32 Å². The summed E-state index contributed by atoms with van der Waals surface area (Å²) in [7, 11) is 3.37. The summed E-state index contributed by atoms with van der Waals surface area (Å²) in [5, 5.41) is 3.05. The van der Waals surface area contributed by atoms with Crippen molar-refractivity contribution in [1.29, 1.82) is 0 Å². The molecule has 0 spiro atoms. The smallest absolute Gasteiger partial charge is 0.242 e. The van der Waals surface area contributed by atoms with Gasteiger partial charge in [-0.3, -0.25) is 9.59 Å². The maximum Gasteiger partial charge on any atom is 0.242 e. The third kappa shape index (κ3) is 4.99. The molecule has 5 heteroatoms. The van der Waals surface area contributed by atoms with E-state index in [4.69, 9.17) is 0 Å². The van der Waals surface area contributed by atoms with Crippen LogP contribution in [0.3, 0.4) is 0 Å². The number of likely N-dealkylation sites (N-methyl/N-ethyl adjacent to an activating group) is 2. The van der Waals surface area contributed by atoms with E-state index >= 15 is 0 Å². The molecule has 0 radical (unpaired) electrons. The van der Waals surface area contributed by atoms with Gasteiger partial charge in [0.05, 0.1) is 13.1 Å². The standard InChI is InChI=1S/C14H21N3O2/c1-4-17(11-14(19)16(2)3)13(18)10-15-12-8-6-5-7-9-12/h5-9,15H,4,10-11H2,1-3H3. The van der Waals surface area contributed by atoms with E-state index in [9.17, 15) is 9.59 Å². The predicted molar refractivity (Wildman–Crippen MR) is 75.9 cm³/mol. The molecule has 0 aliphatic heterocycles. The second-order valence-corrected chi connectivity index (χ2v) is 4.42. The Balaban J connectivity index is 2.48. The Morgan fingerprint density at radius 2 is 1.74 bits per heavy atom. The molecule has 1 aromatic carbocycles. The van der Waals surface area contributed by atoms with E-state index in [1.165, 1.54) is 9.80 Å². The summed E-state index contributed by atoms with van der Waals surface area (Å²) in [6.07, 6.45) is 0. The molecule has 0 saturated carbocycles. The first-order chi connectivity index (χ1) is 9.04. The van der Waals surface area contributed by atoms with Crippen LogP contribution in [0, 0.1) is 0 Å². The average Bonchev–Trinajstić information content (AvgIpc) is 2.42. The number of nitrogens with zero attached hydrogens (tertiary/aromatic N) is 2. The Hall–Kier alpha value is -2.04. The van der Waals surface area contributed by atoms with Gasteiger partial charge in [0.2, 0.25) is 11.8 Å². The van der Waals surface area contributed by atoms with Gasteiger partial charge < -0.3 is 15.1 Å². The van der Waals surface area contributed by atoms with Crippen molar-refractivity contribution in [3.05, 3.63) is 30.3 Å². The number of nitrogens with one attached hydrogen (secondary N) is 1. The topological polar surface area (TPSA) is 52.7 Å². The Kier molecular flexibility index (Phi) is 5.85. The summed E-state index contributed by atoms with van der Waals surface area (Å²) >= 11 is 0. The maximum absolute atomic E-state index is 12.0. The minimum atomic E-state index is -0.0819. The lowest BCUT2D eigenvalue weighted by molar-refractivity contribution is -0.137. The van der Waals surface area contributed by atoms with Crippen LogP contribution in [0.4, 0.5) is 5.69 Å². The Bertz CT molecular complexity index is 418. The van der Waals surface area contributed by atoms with Gasteiger partial charge in [0, 0.05) is 26.3 Å². The fraction of sp³-hybridized carbons (Fsp3) is 0.429. The lowest BCUT2D eigenvalue weighted by atomic mass is 10.3. The van der Waals surface area contributed by atoms with Crippen LogP contribution >= 0.6 is 0 Å². The van der Waals surface area contributed by atoms with Crippen LogP contribution in [0.2, 0.25) is 0 Å². The number of hydrogen-bond donors (Lipinski definition) is 1. The van der Waals surface area contributed by atoms with Crippen LogP contribution in [-0.4, -0.2) is 55.3 Å². The second-order valence-electron chi connectivity index (χ2n) is 4.42. The molecule has 1 aromatic rings. The number of benzene rings is 1. The molecule has 0 fully saturated rings. The van der Waals surface area contributed by atoms with Gasteiger partial charge in [0.1, 0.15) is 0 Å². The number of amides is 2. The number of anilines is 1. The molecule has 104 valence electrons. The highest BCUT2D eigenvalue weighted by Crippen LogP contribution is 2.04. The third-order valence-corrected chi connectivity index (χ3v) is 2.78. The van der Waals surface area contributed by atoms with Crippen LogP contribution in [0.1, 0.15) is 6.92 Å². The van der Waals surface area contributed by atoms with Crippen molar-refractivity contribution < 1.29 is 9.59 Å². The van der Waals surface area contributed by atoms with E-state index in [0.717, 1.165) is 5.69 Å². The van der Waals surface area contributed by atoms with Gasteiger partial charge in [-0.2, -0.15) is 0 Å². The van der Waals surface area contributed by atoms with Crippen molar-refractivity contribution in [1.82, 2.24) is 9.80 Å². The molecule has 0 bridgehead atoms. The van der Waals surface area contributed by atoms with Gasteiger partial charge in [-0.05, 0) is 19.1 Å². The van der Waals surface area contributed by atoms with Gasteiger partial charge in [0.25, 0.3) is 0 Å². The highest BCUT2D eigenvalue weighted by molar-refractivity contribution is 5.86. The molecule has 5 nitrogen and oxygen atoms in total. The van der Waals surface area contributed by atoms with Gasteiger partial charge in [-0.25, -0.2) is 0 Å². The monoisotopic (exact) mass is 263 g/mol. The zero-order chi connectivity index (χ0) is 14.3. The molecule has 0 saturated heterocycles. The molecule has 19 heavy (non-hydrogen) atoms. The first-order valence-corrected chi connectivity index (χ1v) is 6.31. The van der Waals surface area contributed by atoms with Crippen LogP contribution in [-0.2, 0) is 9.59 Å². The zero-order valence-electron chi connectivity index (χ0n) is 11.7. The molecular weight excluding hydrogens is 242 g/mol. The molecule has 0 aliphatic carbocycles. The molecule has 0 aliphatic rings. The minimum Gasteiger partial charge on any atom is -0.376 e. The Labute approximate surface area is 114 Å². The maximum atomic E-state index is 12.0. The van der Waals surface area contributed by atoms with Crippen molar-refractivity contribution in [3.8, 4) is 0 Å². The predicted octanol–water partition coefficient (Wildman–Crippen LogP) is 1.04. The van der Waals surface area contributed by atoms with Crippen molar-refractivity contribution in [2.75, 3.05) is 39.0 Å². The van der Waals surface area contributed by atoms with E-state index in [1.54, 1.807) is 14.1 Å². The Morgan fingerprint density at radius 3 is 2.26 bits per heavy atom. The van der Waals surface area contributed by atoms with Crippen molar-refractivity contribution in [3.63, 3.8) is 0 Å². The number of rotatable bonds is 6. The summed E-state index contributed by atoms with van der Waals surface area (Å²) < 4.78 is 0. The molecule has 0 heterocycles. The van der Waals surface area contributed by atoms with Crippen molar-refractivity contribution in [2.45, 2.75) is 6.92 Å². The highest BCUT2D eigenvalue weighted by atomic mass is 16.2. The summed E-state index contributed by atoms with van der Waals surface area (Å²) in [4.78, 5) is 26.6. The van der Waals surface area contributed by atoms with Crippen LogP contribution in [0.5, 0.6) is 0 Å². The molecule has 1 rings (SSSR count). The van der Waals surface area contributed by atoms with E-state index in [1.807, 2.05) is 37.3 Å². The molecule has 0 unspecified atom stereocenters. The SMILES string of the molecule is CCN(CC(=O)N(C)C)C(=O)CNc1ccccc1. The molecule has 2 amide bonds. The van der Waals surface area contributed by atoms with Crippen LogP contribution in [0.25, 0.3) is 0 Å². The van der Waals surface area contributed by atoms with E-state index in [0.29, 0.717) is 6.54 Å². The van der Waals surface area contributed by atoms with Crippen molar-refractivity contribution in [2.24, 2.45) is 0 Å². The van der Waals surface area contributed by atoms with E-state index < -0.39 is 0 Å². The molecule has 1 N–H and O–H groups in total. The first-order valence-electron chi connectivity index (χ1n) is 6.31. The van der Waals surface area contributed by atoms with Gasteiger partial charge in [-0.15, -0.1) is 0 Å². The quantitative estimate of drug-likeness (QED) is 0.834. The van der Waals surface area contributed by atoms with Crippen LogP contribution in [0.15, 0.2) is 30.3 Å². The molecular formula is C14H21N3O2. The number of carbonyl (C=O) groups is 2. The summed E-state index contributed by atoms with van der Waals surface area (Å²) in [5.41, 5.74) is 0.894. The Morgan fingerprint density at radius 1 is 1.11 bits per heavy atom. The number of para-hydroxylation sites is 1. The van der Waals surface area contributed by atoms with Gasteiger partial charge in [-0.1, -0.05) is 18.2 Å². The third-order valence-electron chi connectivity index (χ3n) is 2.78. The lowest BCUT2D eigenvalue weighted by Gasteiger charge is -2.22. The van der Waals surface area contributed by atoms with E-state index in [2.05, 4.69) is 5.32 Å². The number of carbonyl (C=O) groups excluding carboxylic acids is 2. The fourth-order valence-electron chi connectivity index (χ4n) is 1.53. The van der Waals surface area contributed by atoms with Crippen molar-refractivity contribution >= 4 is 17.5 Å². The van der Waals surface area contributed by atoms with E-state index in [-0.39, 0.29) is 24.9 Å². The zero-order valence-corrected chi connectivity index (χ0v) is 11.7. The summed E-state index contributed by atoms with van der Waals surface area (Å²) in [5.74, 6) is -0.156. The second kappa shape index (κ2) is 7.41. The summed E-state index contributed by atoms with van der Waals surface area (Å²) in [6.45, 7) is 2.70. The van der Waals surface area contributed by atoms with Gasteiger partial charge >= 0.3 is 0 Å². The molecule has 0 atom stereocenters. The summed E-state index contributed by atoms with van der Waals surface area (Å²) in [6, 6.07) is 9.52. The minimum absolute atomic E-state index is 0.0742. The normalized spacial score (nSPS) is 9.84. The number of hydrogen-bond acceptors (Lipinski definition) is 3. The largest absolute Gasteiger partial charge is 0.376 e. The van der Waals surface area contributed by atoms with Gasteiger partial charge in [0.15, 0.2) is 0 Å². The first kappa shape index (κ1) is 15.0. The molecule has 0 aromatic heterocycles. The fourth-order valence-corrected chi connectivity index (χ4v) is 1.53. The highest BCUT2D eigenvalue weighted by Gasteiger charge is 2.16.